The van der Waals surface area contributed by atoms with Crippen LogP contribution in [0.3, 0.4) is 0 Å². The van der Waals surface area contributed by atoms with E-state index in [1.54, 1.807) is 6.33 Å². The Morgan fingerprint density at radius 3 is 2.85 bits per heavy atom. The van der Waals surface area contributed by atoms with E-state index < -0.39 is 0 Å². The number of fused-ring (bicyclic) bond motifs is 1. The largest absolute Gasteiger partial charge is 0.379 e. The lowest BCUT2D eigenvalue weighted by Gasteiger charge is -2.55. The van der Waals surface area contributed by atoms with Gasteiger partial charge in [0.25, 0.3) is 0 Å². The number of hydrogen-bond donors (Lipinski definition) is 1. The molecule has 2 heterocycles. The van der Waals surface area contributed by atoms with Gasteiger partial charge in [-0.1, -0.05) is 12.1 Å². The Bertz CT molecular complexity index is 755. The summed E-state index contributed by atoms with van der Waals surface area (Å²) >= 11 is 0. The van der Waals surface area contributed by atoms with E-state index in [-0.39, 0.29) is 5.54 Å². The van der Waals surface area contributed by atoms with Crippen LogP contribution in [0.2, 0.25) is 0 Å². The van der Waals surface area contributed by atoms with Gasteiger partial charge in [-0.05, 0) is 38.3 Å². The fraction of sp³-hybridized carbons (Fsp3) is 0.600. The third-order valence-electron chi connectivity index (χ3n) is 5.75. The smallest absolute Gasteiger partial charge is 0.137 e. The van der Waals surface area contributed by atoms with Crippen molar-refractivity contribution in [1.29, 1.82) is 0 Å². The fourth-order valence-corrected chi connectivity index (χ4v) is 4.32. The van der Waals surface area contributed by atoms with Crippen molar-refractivity contribution >= 4 is 16.7 Å². The van der Waals surface area contributed by atoms with Crippen molar-refractivity contribution in [2.24, 2.45) is 0 Å². The molecule has 1 aromatic heterocycles. The zero-order valence-corrected chi connectivity index (χ0v) is 15.7. The molecule has 1 aliphatic heterocycles. The highest BCUT2D eigenvalue weighted by Crippen LogP contribution is 2.40. The van der Waals surface area contributed by atoms with Crippen LogP contribution >= 0.6 is 0 Å². The van der Waals surface area contributed by atoms with Crippen LogP contribution in [0.15, 0.2) is 24.5 Å². The number of ether oxygens (including phenoxy) is 2. The van der Waals surface area contributed by atoms with Gasteiger partial charge in [-0.3, -0.25) is 4.90 Å². The minimum absolute atomic E-state index is 0.130. The number of rotatable bonds is 6. The van der Waals surface area contributed by atoms with E-state index in [1.807, 2.05) is 0 Å². The maximum absolute atomic E-state index is 5.85. The van der Waals surface area contributed by atoms with Crippen molar-refractivity contribution in [2.75, 3.05) is 44.8 Å². The highest BCUT2D eigenvalue weighted by molar-refractivity contribution is 5.90. The van der Waals surface area contributed by atoms with Crippen molar-refractivity contribution < 1.29 is 9.47 Å². The Labute approximate surface area is 154 Å². The molecule has 2 fully saturated rings. The Balaban J connectivity index is 1.53. The van der Waals surface area contributed by atoms with Crippen LogP contribution in [0.25, 0.3) is 10.9 Å². The SMILES string of the molecule is CCOC1CC(CNc2ncnc3c(C)cccc23)(N2CCOCC2)C1. The monoisotopic (exact) mass is 356 g/mol. The Morgan fingerprint density at radius 2 is 2.08 bits per heavy atom. The maximum atomic E-state index is 5.85. The predicted molar refractivity (Wildman–Crippen MR) is 103 cm³/mol. The van der Waals surface area contributed by atoms with Gasteiger partial charge in [-0.2, -0.15) is 0 Å². The van der Waals surface area contributed by atoms with Crippen LogP contribution in [0.5, 0.6) is 0 Å². The van der Waals surface area contributed by atoms with Crippen LogP contribution in [0.4, 0.5) is 5.82 Å². The van der Waals surface area contributed by atoms with Gasteiger partial charge < -0.3 is 14.8 Å². The number of para-hydroxylation sites is 1. The normalized spacial score (nSPS) is 26.6. The van der Waals surface area contributed by atoms with E-state index in [0.29, 0.717) is 6.10 Å². The minimum Gasteiger partial charge on any atom is -0.379 e. The first-order chi connectivity index (χ1) is 12.7. The second kappa shape index (κ2) is 7.47. The molecule has 0 unspecified atom stereocenters. The van der Waals surface area contributed by atoms with E-state index in [2.05, 4.69) is 52.2 Å². The molecule has 2 aromatic rings. The Kier molecular flexibility index (Phi) is 5.07. The standard InChI is InChI=1S/C20H28N4O2/c1-3-26-16-11-20(12-16,24-7-9-25-10-8-24)13-21-19-17-6-4-5-15(2)18(17)22-14-23-19/h4-6,14,16H,3,7-13H2,1-2H3,(H,21,22,23). The first-order valence-electron chi connectivity index (χ1n) is 9.60. The summed E-state index contributed by atoms with van der Waals surface area (Å²) in [6.07, 6.45) is 4.16. The zero-order valence-electron chi connectivity index (χ0n) is 15.7. The summed E-state index contributed by atoms with van der Waals surface area (Å²) in [7, 11) is 0. The topological polar surface area (TPSA) is 59.5 Å². The van der Waals surface area contributed by atoms with E-state index in [9.17, 15) is 0 Å². The minimum atomic E-state index is 0.130. The van der Waals surface area contributed by atoms with Crippen molar-refractivity contribution in [3.05, 3.63) is 30.1 Å². The lowest BCUT2D eigenvalue weighted by atomic mass is 9.72. The number of aryl methyl sites for hydroxylation is 1. The van der Waals surface area contributed by atoms with E-state index in [1.165, 1.54) is 5.56 Å². The third-order valence-corrected chi connectivity index (χ3v) is 5.75. The molecular formula is C20H28N4O2. The first-order valence-corrected chi connectivity index (χ1v) is 9.60. The van der Waals surface area contributed by atoms with E-state index in [0.717, 1.165) is 69.0 Å². The summed E-state index contributed by atoms with van der Waals surface area (Å²) < 4.78 is 11.4. The fourth-order valence-electron chi connectivity index (χ4n) is 4.32. The number of aromatic nitrogens is 2. The molecule has 0 bridgehead atoms. The molecule has 4 rings (SSSR count). The van der Waals surface area contributed by atoms with Gasteiger partial charge in [0.15, 0.2) is 0 Å². The van der Waals surface area contributed by atoms with Crippen molar-refractivity contribution in [2.45, 2.75) is 38.3 Å². The van der Waals surface area contributed by atoms with Crippen LogP contribution in [-0.2, 0) is 9.47 Å². The van der Waals surface area contributed by atoms with Crippen molar-refractivity contribution in [3.8, 4) is 0 Å². The predicted octanol–water partition coefficient (Wildman–Crippen LogP) is 2.62. The van der Waals surface area contributed by atoms with Crippen LogP contribution < -0.4 is 5.32 Å². The molecule has 1 aromatic carbocycles. The van der Waals surface area contributed by atoms with Gasteiger partial charge in [0.1, 0.15) is 12.1 Å². The second-order valence-corrected chi connectivity index (χ2v) is 7.36. The van der Waals surface area contributed by atoms with E-state index >= 15 is 0 Å². The maximum Gasteiger partial charge on any atom is 0.137 e. The van der Waals surface area contributed by atoms with Gasteiger partial charge in [0.2, 0.25) is 0 Å². The van der Waals surface area contributed by atoms with Crippen LogP contribution in [-0.4, -0.2) is 66.0 Å². The van der Waals surface area contributed by atoms with E-state index in [4.69, 9.17) is 9.47 Å². The molecule has 1 N–H and O–H groups in total. The van der Waals surface area contributed by atoms with Gasteiger partial charge in [-0.15, -0.1) is 0 Å². The summed E-state index contributed by atoms with van der Waals surface area (Å²) in [6, 6.07) is 6.25. The number of nitrogens with one attached hydrogen (secondary N) is 1. The van der Waals surface area contributed by atoms with Crippen LogP contribution in [0.1, 0.15) is 25.3 Å². The third kappa shape index (κ3) is 3.29. The molecule has 1 aliphatic carbocycles. The number of hydrogen-bond acceptors (Lipinski definition) is 6. The lowest BCUT2D eigenvalue weighted by Crippen LogP contribution is -2.65. The molecule has 1 saturated carbocycles. The average Bonchev–Trinajstić information content (AvgIpc) is 2.65. The summed E-state index contributed by atoms with van der Waals surface area (Å²) in [5, 5.41) is 4.72. The molecule has 26 heavy (non-hydrogen) atoms. The van der Waals surface area contributed by atoms with Gasteiger partial charge in [0, 0.05) is 37.2 Å². The molecule has 0 spiro atoms. The summed E-state index contributed by atoms with van der Waals surface area (Å²) in [5.74, 6) is 0.922. The first kappa shape index (κ1) is 17.6. The molecule has 140 valence electrons. The molecule has 2 aliphatic rings. The quantitative estimate of drug-likeness (QED) is 0.859. The molecule has 0 radical (unpaired) electrons. The number of anilines is 1. The number of benzene rings is 1. The molecule has 6 heteroatoms. The van der Waals surface area contributed by atoms with Crippen molar-refractivity contribution in [1.82, 2.24) is 14.9 Å². The van der Waals surface area contributed by atoms with Gasteiger partial charge in [-0.25, -0.2) is 9.97 Å². The molecule has 0 amide bonds. The number of nitrogens with zero attached hydrogens (tertiary/aromatic N) is 3. The highest BCUT2D eigenvalue weighted by Gasteiger charge is 2.49. The lowest BCUT2D eigenvalue weighted by molar-refractivity contribution is -0.121. The van der Waals surface area contributed by atoms with Crippen LogP contribution in [0, 0.1) is 6.92 Å². The van der Waals surface area contributed by atoms with Gasteiger partial charge >= 0.3 is 0 Å². The number of morpholine rings is 1. The summed E-state index contributed by atoms with van der Waals surface area (Å²) in [4.78, 5) is 11.5. The highest BCUT2D eigenvalue weighted by atomic mass is 16.5. The van der Waals surface area contributed by atoms with Gasteiger partial charge in [0.05, 0.1) is 24.8 Å². The Morgan fingerprint density at radius 1 is 1.27 bits per heavy atom. The molecular weight excluding hydrogens is 328 g/mol. The molecule has 1 saturated heterocycles. The summed E-state index contributed by atoms with van der Waals surface area (Å²) in [5.41, 5.74) is 2.33. The average molecular weight is 356 g/mol. The molecule has 0 atom stereocenters. The molecule has 6 nitrogen and oxygen atoms in total. The summed E-state index contributed by atoms with van der Waals surface area (Å²) in [6.45, 7) is 9.43. The van der Waals surface area contributed by atoms with Crippen molar-refractivity contribution in [3.63, 3.8) is 0 Å². The second-order valence-electron chi connectivity index (χ2n) is 7.36. The Hall–Kier alpha value is -1.76. The zero-order chi connectivity index (χ0) is 18.0.